The van der Waals surface area contributed by atoms with Crippen LogP contribution in [-0.4, -0.2) is 23.0 Å². The molecule has 2 aromatic rings. The Morgan fingerprint density at radius 3 is 3.00 bits per heavy atom. The first-order valence-electron chi connectivity index (χ1n) is 7.59. The maximum Gasteiger partial charge on any atom is 0.135 e. The van der Waals surface area contributed by atoms with E-state index in [9.17, 15) is 0 Å². The first-order valence-corrected chi connectivity index (χ1v) is 7.59. The number of hydrogen-bond donors (Lipinski definition) is 1. The molecule has 3 nitrogen and oxygen atoms in total. The molecule has 1 aromatic carbocycles. The second-order valence-electron chi connectivity index (χ2n) is 6.27. The second-order valence-corrected chi connectivity index (χ2v) is 6.27. The van der Waals surface area contributed by atoms with Crippen LogP contribution < -0.4 is 5.32 Å². The fourth-order valence-corrected chi connectivity index (χ4v) is 4.19. The normalized spacial score (nSPS) is 31.2. The van der Waals surface area contributed by atoms with Crippen LogP contribution >= 0.6 is 0 Å². The van der Waals surface area contributed by atoms with Crippen molar-refractivity contribution >= 4 is 17.0 Å². The van der Waals surface area contributed by atoms with Gasteiger partial charge in [-0.05, 0) is 31.4 Å². The molecule has 0 spiro atoms. The van der Waals surface area contributed by atoms with Gasteiger partial charge in [0.2, 0.25) is 0 Å². The Morgan fingerprint density at radius 2 is 2.15 bits per heavy atom. The quantitative estimate of drug-likeness (QED) is 0.859. The summed E-state index contributed by atoms with van der Waals surface area (Å²) in [7, 11) is 0. The van der Waals surface area contributed by atoms with Crippen LogP contribution in [0.1, 0.15) is 30.6 Å². The Balaban J connectivity index is 1.50. The zero-order valence-corrected chi connectivity index (χ0v) is 11.4. The second kappa shape index (κ2) is 3.89. The van der Waals surface area contributed by atoms with E-state index < -0.39 is 0 Å². The molecule has 2 bridgehead atoms. The maximum absolute atomic E-state index is 6.05. The number of nitrogens with one attached hydrogen (secondary N) is 1. The molecule has 20 heavy (non-hydrogen) atoms. The van der Waals surface area contributed by atoms with Crippen molar-refractivity contribution in [2.45, 2.75) is 43.9 Å². The summed E-state index contributed by atoms with van der Waals surface area (Å²) in [5, 5.41) is 4.96. The zero-order valence-electron chi connectivity index (χ0n) is 11.4. The number of nitrogens with zero attached hydrogens (tertiary/aromatic N) is 1. The van der Waals surface area contributed by atoms with E-state index in [-0.39, 0.29) is 0 Å². The van der Waals surface area contributed by atoms with E-state index in [1.54, 1.807) is 0 Å². The van der Waals surface area contributed by atoms with Gasteiger partial charge in [-0.2, -0.15) is 0 Å². The lowest BCUT2D eigenvalue weighted by molar-refractivity contribution is 0.214. The van der Waals surface area contributed by atoms with Crippen molar-refractivity contribution in [3.8, 4) is 0 Å². The van der Waals surface area contributed by atoms with Gasteiger partial charge in [-0.1, -0.05) is 18.2 Å². The van der Waals surface area contributed by atoms with Gasteiger partial charge in [0, 0.05) is 35.3 Å². The average molecular weight is 266 g/mol. The summed E-state index contributed by atoms with van der Waals surface area (Å²) in [5.41, 5.74) is 2.28. The molecule has 0 saturated carbocycles. The molecular formula is C17H18N2O. The number of fused-ring (bicyclic) bond motifs is 5. The predicted molar refractivity (Wildman–Crippen MR) is 79.1 cm³/mol. The molecule has 102 valence electrons. The lowest BCUT2D eigenvalue weighted by atomic mass is 9.93. The summed E-state index contributed by atoms with van der Waals surface area (Å²) in [6, 6.07) is 10.4. The minimum Gasteiger partial charge on any atom is -0.459 e. The molecule has 3 heteroatoms. The van der Waals surface area contributed by atoms with Crippen molar-refractivity contribution in [3.63, 3.8) is 0 Å². The van der Waals surface area contributed by atoms with Gasteiger partial charge >= 0.3 is 0 Å². The largest absolute Gasteiger partial charge is 0.459 e. The van der Waals surface area contributed by atoms with Gasteiger partial charge in [-0.25, -0.2) is 0 Å². The molecule has 5 rings (SSSR count). The number of furan rings is 1. The van der Waals surface area contributed by atoms with Crippen LogP contribution in [0.25, 0.3) is 17.0 Å². The fraction of sp³-hybridized carbons (Fsp3) is 0.412. The van der Waals surface area contributed by atoms with Crippen molar-refractivity contribution < 1.29 is 4.42 Å². The van der Waals surface area contributed by atoms with Gasteiger partial charge < -0.3 is 14.6 Å². The van der Waals surface area contributed by atoms with E-state index in [1.807, 2.05) is 6.07 Å². The Hall–Kier alpha value is -1.74. The summed E-state index contributed by atoms with van der Waals surface area (Å²) in [5.74, 6) is 1.12. The molecule has 3 atom stereocenters. The van der Waals surface area contributed by atoms with Crippen molar-refractivity contribution in [2.75, 3.05) is 0 Å². The van der Waals surface area contributed by atoms with Gasteiger partial charge in [0.25, 0.3) is 0 Å². The van der Waals surface area contributed by atoms with Crippen LogP contribution in [0.5, 0.6) is 0 Å². The Labute approximate surface area is 118 Å². The lowest BCUT2D eigenvalue weighted by Crippen LogP contribution is -2.40. The van der Waals surface area contributed by atoms with Gasteiger partial charge in [0.1, 0.15) is 11.3 Å². The van der Waals surface area contributed by atoms with E-state index in [4.69, 9.17) is 4.42 Å². The summed E-state index contributed by atoms with van der Waals surface area (Å²) in [4.78, 5) is 2.47. The van der Waals surface area contributed by atoms with E-state index in [1.165, 1.54) is 30.2 Å². The first-order chi connectivity index (χ1) is 9.88. The van der Waals surface area contributed by atoms with Crippen LogP contribution in [-0.2, 0) is 6.54 Å². The topological polar surface area (TPSA) is 28.4 Å². The monoisotopic (exact) mass is 266 g/mol. The zero-order chi connectivity index (χ0) is 13.1. The molecular weight excluding hydrogens is 248 g/mol. The van der Waals surface area contributed by atoms with E-state index >= 15 is 0 Å². The number of benzene rings is 1. The highest BCUT2D eigenvalue weighted by Crippen LogP contribution is 2.36. The highest BCUT2D eigenvalue weighted by atomic mass is 16.3. The van der Waals surface area contributed by atoms with Crippen LogP contribution in [0.3, 0.4) is 0 Å². The van der Waals surface area contributed by atoms with Crippen molar-refractivity contribution in [1.29, 1.82) is 0 Å². The van der Waals surface area contributed by atoms with E-state index in [0.717, 1.165) is 23.9 Å². The Kier molecular flexibility index (Phi) is 2.13. The van der Waals surface area contributed by atoms with Crippen molar-refractivity contribution in [2.24, 2.45) is 0 Å². The molecule has 1 N–H and O–H groups in total. The smallest absolute Gasteiger partial charge is 0.135 e. The van der Waals surface area contributed by atoms with Gasteiger partial charge in [-0.15, -0.1) is 0 Å². The third-order valence-corrected chi connectivity index (χ3v) is 5.16. The maximum atomic E-state index is 6.05. The summed E-state index contributed by atoms with van der Waals surface area (Å²) < 4.78 is 6.05. The minimum atomic E-state index is 0.645. The standard InChI is InChI=1S/C17H18N2O/c1-2-4-16-12(3-1)13-7-8-19(10-17(13)20-16)15-9-11-5-6-14(15)18-11/h1-4,7-8,11,14-15,18H,5-6,9-10H2/t11-,14+,15-/m1/s1. The van der Waals surface area contributed by atoms with Gasteiger partial charge in [0.15, 0.2) is 0 Å². The van der Waals surface area contributed by atoms with Crippen molar-refractivity contribution in [1.82, 2.24) is 10.2 Å². The Bertz CT molecular complexity index is 702. The third-order valence-electron chi connectivity index (χ3n) is 5.16. The molecule has 0 radical (unpaired) electrons. The Morgan fingerprint density at radius 1 is 1.20 bits per heavy atom. The van der Waals surface area contributed by atoms with Gasteiger partial charge in [-0.3, -0.25) is 0 Å². The summed E-state index contributed by atoms with van der Waals surface area (Å²) >= 11 is 0. The average Bonchev–Trinajstić information content (AvgIpc) is 3.19. The predicted octanol–water partition coefficient (Wildman–Crippen LogP) is 3.11. The van der Waals surface area contributed by atoms with Gasteiger partial charge in [0.05, 0.1) is 6.54 Å². The van der Waals surface area contributed by atoms with Crippen LogP contribution in [0.2, 0.25) is 0 Å². The molecule has 0 aliphatic carbocycles. The molecule has 0 amide bonds. The number of para-hydroxylation sites is 1. The highest BCUT2D eigenvalue weighted by molar-refractivity contribution is 5.88. The van der Waals surface area contributed by atoms with Crippen molar-refractivity contribution in [3.05, 3.63) is 41.8 Å². The molecule has 2 fully saturated rings. The van der Waals surface area contributed by atoms with Crippen LogP contribution in [0, 0.1) is 0 Å². The van der Waals surface area contributed by atoms with E-state index in [0.29, 0.717) is 12.1 Å². The fourth-order valence-electron chi connectivity index (χ4n) is 4.19. The molecule has 3 aliphatic rings. The molecule has 0 unspecified atom stereocenters. The molecule has 3 aliphatic heterocycles. The molecule has 2 saturated heterocycles. The third kappa shape index (κ3) is 1.44. The lowest BCUT2D eigenvalue weighted by Gasteiger charge is -2.34. The SMILES string of the molecule is C1=CN([C@@H]2C[C@H]3CC[C@@H]2N3)Cc2oc3ccccc3c21. The highest BCUT2D eigenvalue weighted by Gasteiger charge is 2.42. The molecule has 1 aromatic heterocycles. The van der Waals surface area contributed by atoms with E-state index in [2.05, 4.69) is 40.7 Å². The van der Waals surface area contributed by atoms with Crippen LogP contribution in [0.4, 0.5) is 0 Å². The number of hydrogen-bond acceptors (Lipinski definition) is 3. The first kappa shape index (κ1) is 11.0. The summed E-state index contributed by atoms with van der Waals surface area (Å²) in [6.07, 6.45) is 8.47. The number of rotatable bonds is 1. The summed E-state index contributed by atoms with van der Waals surface area (Å²) in [6.45, 7) is 0.913. The van der Waals surface area contributed by atoms with Crippen LogP contribution in [0.15, 0.2) is 34.9 Å². The minimum absolute atomic E-state index is 0.645. The molecule has 4 heterocycles.